The maximum atomic E-state index is 12.7. The number of hydrogen-bond acceptors (Lipinski definition) is 3. The zero-order chi connectivity index (χ0) is 14.9. The van der Waals surface area contributed by atoms with Gasteiger partial charge in [0.25, 0.3) is 0 Å². The van der Waals surface area contributed by atoms with E-state index >= 15 is 0 Å². The van der Waals surface area contributed by atoms with Gasteiger partial charge >= 0.3 is 0 Å². The number of sulfonamides is 1. The topological polar surface area (TPSA) is 63.4 Å². The summed E-state index contributed by atoms with van der Waals surface area (Å²) in [7, 11) is -3.34. The van der Waals surface area contributed by atoms with Gasteiger partial charge in [-0.15, -0.1) is 0 Å². The molecule has 1 saturated heterocycles. The maximum Gasteiger partial charge on any atom is 0.243 e. The van der Waals surface area contributed by atoms with Crippen molar-refractivity contribution in [3.8, 4) is 0 Å². The van der Waals surface area contributed by atoms with Gasteiger partial charge in [-0.25, -0.2) is 8.42 Å². The van der Waals surface area contributed by atoms with Gasteiger partial charge in [0, 0.05) is 19.6 Å². The third kappa shape index (κ3) is 2.87. The van der Waals surface area contributed by atoms with Crippen LogP contribution < -0.4 is 5.73 Å². The SMILES string of the molecule is NCc1ccc(S(=O)(=O)N2CCC3(CCCC3)CC2)cc1. The van der Waals surface area contributed by atoms with Gasteiger partial charge < -0.3 is 5.73 Å². The highest BCUT2D eigenvalue weighted by atomic mass is 32.2. The molecule has 0 amide bonds. The third-order valence-corrected chi connectivity index (χ3v) is 7.16. The van der Waals surface area contributed by atoms with Crippen molar-refractivity contribution in [3.05, 3.63) is 29.8 Å². The van der Waals surface area contributed by atoms with E-state index in [1.54, 1.807) is 28.6 Å². The first-order chi connectivity index (χ1) is 10.1. The molecule has 5 heteroatoms. The zero-order valence-electron chi connectivity index (χ0n) is 12.4. The summed E-state index contributed by atoms with van der Waals surface area (Å²) in [6.45, 7) is 1.77. The Bertz CT molecular complexity index is 579. The molecular weight excluding hydrogens is 284 g/mol. The van der Waals surface area contributed by atoms with Crippen LogP contribution in [0.15, 0.2) is 29.2 Å². The van der Waals surface area contributed by atoms with Crippen LogP contribution in [0.2, 0.25) is 0 Å². The van der Waals surface area contributed by atoms with Gasteiger partial charge in [-0.3, -0.25) is 0 Å². The summed E-state index contributed by atoms with van der Waals surface area (Å²) < 4.78 is 27.0. The van der Waals surface area contributed by atoms with Gasteiger partial charge in [0.05, 0.1) is 4.90 Å². The van der Waals surface area contributed by atoms with Gasteiger partial charge in [-0.1, -0.05) is 25.0 Å². The van der Waals surface area contributed by atoms with Crippen LogP contribution in [0.3, 0.4) is 0 Å². The minimum atomic E-state index is -3.34. The lowest BCUT2D eigenvalue weighted by Crippen LogP contribution is -2.42. The van der Waals surface area contributed by atoms with Gasteiger partial charge in [-0.05, 0) is 48.8 Å². The van der Waals surface area contributed by atoms with Crippen molar-refractivity contribution in [2.75, 3.05) is 13.1 Å². The molecule has 1 spiro atoms. The fourth-order valence-corrected chi connectivity index (χ4v) is 5.21. The highest BCUT2D eigenvalue weighted by molar-refractivity contribution is 7.89. The van der Waals surface area contributed by atoms with E-state index in [0.29, 0.717) is 29.9 Å². The molecule has 0 aromatic heterocycles. The van der Waals surface area contributed by atoms with E-state index in [9.17, 15) is 8.42 Å². The monoisotopic (exact) mass is 308 g/mol. The van der Waals surface area contributed by atoms with E-state index < -0.39 is 10.0 Å². The van der Waals surface area contributed by atoms with Crippen LogP contribution in [-0.4, -0.2) is 25.8 Å². The second kappa shape index (κ2) is 5.71. The van der Waals surface area contributed by atoms with Crippen LogP contribution >= 0.6 is 0 Å². The van der Waals surface area contributed by atoms with Crippen LogP contribution in [0.5, 0.6) is 0 Å². The number of hydrogen-bond donors (Lipinski definition) is 1. The maximum absolute atomic E-state index is 12.7. The van der Waals surface area contributed by atoms with Crippen molar-refractivity contribution in [3.63, 3.8) is 0 Å². The average Bonchev–Trinajstić information content (AvgIpc) is 2.96. The van der Waals surface area contributed by atoms with E-state index in [1.807, 2.05) is 0 Å². The Hall–Kier alpha value is -0.910. The molecule has 1 aromatic rings. The lowest BCUT2D eigenvalue weighted by molar-refractivity contribution is 0.160. The summed E-state index contributed by atoms with van der Waals surface area (Å²) in [5.74, 6) is 0. The van der Waals surface area contributed by atoms with Crippen molar-refractivity contribution in [2.24, 2.45) is 11.1 Å². The Labute approximate surface area is 127 Å². The molecule has 2 N–H and O–H groups in total. The molecule has 1 saturated carbocycles. The molecule has 0 atom stereocenters. The highest BCUT2D eigenvalue weighted by Gasteiger charge is 2.39. The number of piperidine rings is 1. The normalized spacial score (nSPS) is 22.7. The van der Waals surface area contributed by atoms with Gasteiger partial charge in [0.2, 0.25) is 10.0 Å². The first-order valence-electron chi connectivity index (χ1n) is 7.85. The second-order valence-electron chi connectivity index (χ2n) is 6.46. The Kier molecular flexibility index (Phi) is 4.08. The summed E-state index contributed by atoms with van der Waals surface area (Å²) in [5, 5.41) is 0. The van der Waals surface area contributed by atoms with E-state index in [2.05, 4.69) is 0 Å². The molecule has 1 aromatic carbocycles. The standard InChI is InChI=1S/C16H24N2O2S/c17-13-14-3-5-15(6-4-14)21(19,20)18-11-9-16(10-12-18)7-1-2-8-16/h3-6H,1-2,7-13,17H2. The van der Waals surface area contributed by atoms with Crippen molar-refractivity contribution >= 4 is 10.0 Å². The van der Waals surface area contributed by atoms with Crippen LogP contribution in [0.25, 0.3) is 0 Å². The van der Waals surface area contributed by atoms with Crippen molar-refractivity contribution < 1.29 is 8.42 Å². The molecule has 0 radical (unpaired) electrons. The Morgan fingerprint density at radius 1 is 1.00 bits per heavy atom. The molecule has 1 aliphatic carbocycles. The van der Waals surface area contributed by atoms with Crippen LogP contribution in [-0.2, 0) is 16.6 Å². The number of rotatable bonds is 3. The minimum Gasteiger partial charge on any atom is -0.326 e. The molecular formula is C16H24N2O2S. The van der Waals surface area contributed by atoms with Crippen LogP contribution in [0, 0.1) is 5.41 Å². The molecule has 21 heavy (non-hydrogen) atoms. The Morgan fingerprint density at radius 2 is 1.57 bits per heavy atom. The third-order valence-electron chi connectivity index (χ3n) is 5.24. The number of nitrogens with zero attached hydrogens (tertiary/aromatic N) is 1. The predicted molar refractivity (Wildman–Crippen MR) is 83.2 cm³/mol. The fourth-order valence-electron chi connectivity index (χ4n) is 3.77. The number of nitrogens with two attached hydrogens (primary N) is 1. The van der Waals surface area contributed by atoms with Crippen molar-refractivity contribution in [2.45, 2.75) is 50.0 Å². The lowest BCUT2D eigenvalue weighted by atomic mass is 9.78. The first kappa shape index (κ1) is 15.0. The molecule has 4 nitrogen and oxygen atoms in total. The molecule has 0 unspecified atom stereocenters. The molecule has 116 valence electrons. The highest BCUT2D eigenvalue weighted by Crippen LogP contribution is 2.46. The van der Waals surface area contributed by atoms with Gasteiger partial charge in [-0.2, -0.15) is 4.31 Å². The lowest BCUT2D eigenvalue weighted by Gasteiger charge is -2.38. The summed E-state index contributed by atoms with van der Waals surface area (Å²) in [4.78, 5) is 0.391. The first-order valence-corrected chi connectivity index (χ1v) is 9.29. The van der Waals surface area contributed by atoms with E-state index in [1.165, 1.54) is 25.7 Å². The van der Waals surface area contributed by atoms with E-state index in [0.717, 1.165) is 18.4 Å². The predicted octanol–water partition coefficient (Wildman–Crippen LogP) is 2.49. The molecule has 2 aliphatic rings. The second-order valence-corrected chi connectivity index (χ2v) is 8.40. The fraction of sp³-hybridized carbons (Fsp3) is 0.625. The summed E-state index contributed by atoms with van der Waals surface area (Å²) in [6.07, 6.45) is 7.24. The summed E-state index contributed by atoms with van der Waals surface area (Å²) in [6, 6.07) is 6.96. The average molecular weight is 308 g/mol. The Morgan fingerprint density at radius 3 is 2.10 bits per heavy atom. The van der Waals surface area contributed by atoms with Crippen molar-refractivity contribution in [1.82, 2.24) is 4.31 Å². The zero-order valence-corrected chi connectivity index (χ0v) is 13.2. The van der Waals surface area contributed by atoms with Gasteiger partial charge in [0.15, 0.2) is 0 Å². The van der Waals surface area contributed by atoms with E-state index in [-0.39, 0.29) is 0 Å². The molecule has 3 rings (SSSR count). The Balaban J connectivity index is 1.73. The smallest absolute Gasteiger partial charge is 0.243 e. The molecule has 1 heterocycles. The number of benzene rings is 1. The molecule has 1 aliphatic heterocycles. The minimum absolute atomic E-state index is 0.391. The van der Waals surface area contributed by atoms with Gasteiger partial charge in [0.1, 0.15) is 0 Å². The van der Waals surface area contributed by atoms with Crippen LogP contribution in [0.4, 0.5) is 0 Å². The van der Waals surface area contributed by atoms with Crippen molar-refractivity contribution in [1.29, 1.82) is 0 Å². The molecule has 0 bridgehead atoms. The largest absolute Gasteiger partial charge is 0.326 e. The quantitative estimate of drug-likeness (QED) is 0.933. The van der Waals surface area contributed by atoms with E-state index in [4.69, 9.17) is 5.73 Å². The summed E-state index contributed by atoms with van der Waals surface area (Å²) >= 11 is 0. The summed E-state index contributed by atoms with van der Waals surface area (Å²) in [5.41, 5.74) is 6.95. The molecule has 2 fully saturated rings. The van der Waals surface area contributed by atoms with Crippen LogP contribution in [0.1, 0.15) is 44.1 Å².